The molecule has 3 aromatic rings. The summed E-state index contributed by atoms with van der Waals surface area (Å²) in [5.74, 6) is 0.597. The quantitative estimate of drug-likeness (QED) is 0.113. The molecule has 0 bridgehead atoms. The molecule has 1 aromatic heterocycles. The molecule has 0 saturated carbocycles. The first-order valence-electron chi connectivity index (χ1n) is 13.8. The number of anilines is 3. The van der Waals surface area contributed by atoms with Gasteiger partial charge in [0.2, 0.25) is 0 Å². The molecule has 0 radical (unpaired) electrons. The van der Waals surface area contributed by atoms with E-state index in [9.17, 15) is 9.59 Å². The van der Waals surface area contributed by atoms with Crippen molar-refractivity contribution >= 4 is 52.3 Å². The summed E-state index contributed by atoms with van der Waals surface area (Å²) in [7, 11) is 0. The Morgan fingerprint density at radius 2 is 1.29 bits per heavy atom. The van der Waals surface area contributed by atoms with Crippen molar-refractivity contribution in [3.8, 4) is 0 Å². The summed E-state index contributed by atoms with van der Waals surface area (Å²) in [5, 5.41) is 2.95. The predicted octanol–water partition coefficient (Wildman–Crippen LogP) is 5.02. The number of hydrogen-bond acceptors (Lipinski definition) is 10. The molecule has 42 heavy (non-hydrogen) atoms. The highest BCUT2D eigenvalue weighted by molar-refractivity contribution is 7.99. The third-order valence-corrected chi connectivity index (χ3v) is 8.97. The number of carbonyl (C=O) groups is 2. The van der Waals surface area contributed by atoms with Gasteiger partial charge in [-0.2, -0.15) is 0 Å². The Morgan fingerprint density at radius 1 is 0.762 bits per heavy atom. The van der Waals surface area contributed by atoms with E-state index >= 15 is 0 Å². The Bertz CT molecular complexity index is 1340. The van der Waals surface area contributed by atoms with E-state index in [4.69, 9.17) is 22.9 Å². The largest absolute Gasteiger partial charge is 0.398 e. The summed E-state index contributed by atoms with van der Waals surface area (Å²) in [4.78, 5) is 36.8. The van der Waals surface area contributed by atoms with Gasteiger partial charge in [-0.05, 0) is 51.8 Å². The number of Topliss-reactive ketones (excluding diaryl/α,β-unsaturated/α-hetero) is 1. The standard InChI is InChI=1S/C31H43N7O2S2/c1-30(2,3)19-11-18(27(21(34)13-19)41-9-7-32)12-26(39)23-16-25(37-17-36-23)29(40)38-24-15-20(31(4,5)6)14-22(35)28(24)42-10-8-33/h11,13-17H,7-10,12,32-35H2,1-6H3,(H,38,40). The lowest BCUT2D eigenvalue weighted by atomic mass is 9.85. The number of benzene rings is 2. The van der Waals surface area contributed by atoms with Gasteiger partial charge >= 0.3 is 0 Å². The van der Waals surface area contributed by atoms with Crippen molar-refractivity contribution in [3.05, 3.63) is 64.7 Å². The molecule has 0 spiro atoms. The van der Waals surface area contributed by atoms with E-state index in [0.29, 0.717) is 41.7 Å². The van der Waals surface area contributed by atoms with Crippen LogP contribution in [-0.4, -0.2) is 46.3 Å². The van der Waals surface area contributed by atoms with Crippen LogP contribution < -0.4 is 28.3 Å². The van der Waals surface area contributed by atoms with Crippen molar-refractivity contribution in [2.24, 2.45) is 11.5 Å². The summed E-state index contributed by atoms with van der Waals surface area (Å²) >= 11 is 3.01. The van der Waals surface area contributed by atoms with Crippen molar-refractivity contribution in [3.63, 3.8) is 0 Å². The minimum absolute atomic E-state index is 0.0726. The minimum atomic E-state index is -0.468. The zero-order valence-corrected chi connectivity index (χ0v) is 27.0. The normalized spacial score (nSPS) is 11.9. The molecule has 0 atom stereocenters. The molecule has 2 aromatic carbocycles. The lowest BCUT2D eigenvalue weighted by molar-refractivity contribution is 0.0987. The van der Waals surface area contributed by atoms with Gasteiger partial charge in [-0.3, -0.25) is 9.59 Å². The van der Waals surface area contributed by atoms with Gasteiger partial charge in [0.15, 0.2) is 5.78 Å². The molecule has 226 valence electrons. The van der Waals surface area contributed by atoms with Gasteiger partial charge in [0.1, 0.15) is 17.7 Å². The van der Waals surface area contributed by atoms with Crippen molar-refractivity contribution in [1.82, 2.24) is 9.97 Å². The molecular formula is C31H43N7O2S2. The average Bonchev–Trinajstić information content (AvgIpc) is 2.91. The van der Waals surface area contributed by atoms with Gasteiger partial charge in [0, 0.05) is 47.3 Å². The number of nitrogens with one attached hydrogen (secondary N) is 1. The van der Waals surface area contributed by atoms with Crippen LogP contribution in [0, 0.1) is 0 Å². The third-order valence-electron chi connectivity index (χ3n) is 6.56. The molecule has 0 fully saturated rings. The maximum absolute atomic E-state index is 13.5. The second-order valence-corrected chi connectivity index (χ2v) is 14.3. The van der Waals surface area contributed by atoms with Crippen LogP contribution in [0.4, 0.5) is 17.1 Å². The van der Waals surface area contributed by atoms with Gasteiger partial charge < -0.3 is 28.3 Å². The molecule has 3 rings (SSSR count). The summed E-state index contributed by atoms with van der Waals surface area (Å²) < 4.78 is 0. The summed E-state index contributed by atoms with van der Waals surface area (Å²) in [6.07, 6.45) is 1.30. The Labute approximate surface area is 257 Å². The zero-order valence-electron chi connectivity index (χ0n) is 25.3. The first kappa shape index (κ1) is 33.4. The summed E-state index contributed by atoms with van der Waals surface area (Å²) in [6.45, 7) is 13.5. The smallest absolute Gasteiger partial charge is 0.274 e. The molecule has 0 aliphatic carbocycles. The predicted molar refractivity (Wildman–Crippen MR) is 177 cm³/mol. The number of amides is 1. The average molecular weight is 610 g/mol. The van der Waals surface area contributed by atoms with Crippen LogP contribution in [0.1, 0.15) is 79.2 Å². The maximum atomic E-state index is 13.5. The Kier molecular flexibility index (Phi) is 11.0. The van der Waals surface area contributed by atoms with Gasteiger partial charge in [-0.15, -0.1) is 23.5 Å². The fourth-order valence-electron chi connectivity index (χ4n) is 4.20. The number of rotatable bonds is 11. The molecule has 0 aliphatic rings. The van der Waals surface area contributed by atoms with Crippen LogP contribution in [0.15, 0.2) is 46.5 Å². The molecule has 11 heteroatoms. The molecular weight excluding hydrogens is 567 g/mol. The van der Waals surface area contributed by atoms with E-state index in [1.807, 2.05) is 24.3 Å². The second kappa shape index (κ2) is 13.9. The van der Waals surface area contributed by atoms with Crippen LogP contribution in [0.25, 0.3) is 0 Å². The second-order valence-electron chi connectivity index (χ2n) is 12.1. The lowest BCUT2D eigenvalue weighted by Crippen LogP contribution is -2.19. The molecule has 0 unspecified atom stereocenters. The van der Waals surface area contributed by atoms with E-state index < -0.39 is 5.91 Å². The number of nitrogen functional groups attached to an aromatic ring is 2. The van der Waals surface area contributed by atoms with E-state index in [1.165, 1.54) is 35.9 Å². The fraction of sp³-hybridized carbons (Fsp3) is 0.419. The summed E-state index contributed by atoms with van der Waals surface area (Å²) in [6, 6.07) is 9.26. The molecule has 1 heterocycles. The van der Waals surface area contributed by atoms with E-state index in [0.717, 1.165) is 26.5 Å². The number of ketones is 1. The van der Waals surface area contributed by atoms with Gasteiger partial charge in [-0.1, -0.05) is 47.6 Å². The van der Waals surface area contributed by atoms with E-state index in [-0.39, 0.29) is 34.4 Å². The van der Waals surface area contributed by atoms with Crippen molar-refractivity contribution in [2.45, 2.75) is 68.6 Å². The van der Waals surface area contributed by atoms with Crippen LogP contribution >= 0.6 is 23.5 Å². The van der Waals surface area contributed by atoms with Crippen molar-refractivity contribution in [2.75, 3.05) is 41.4 Å². The van der Waals surface area contributed by atoms with Crippen LogP contribution in [0.5, 0.6) is 0 Å². The van der Waals surface area contributed by atoms with E-state index in [1.54, 1.807) is 0 Å². The highest BCUT2D eigenvalue weighted by atomic mass is 32.2. The number of aromatic nitrogens is 2. The first-order chi connectivity index (χ1) is 19.6. The number of carbonyl (C=O) groups excluding carboxylic acids is 2. The Morgan fingerprint density at radius 3 is 1.86 bits per heavy atom. The fourth-order valence-corrected chi connectivity index (χ4v) is 5.87. The zero-order chi connectivity index (χ0) is 31.2. The first-order valence-corrected chi connectivity index (χ1v) is 15.8. The van der Waals surface area contributed by atoms with Gasteiger partial charge in [0.25, 0.3) is 5.91 Å². The molecule has 9 nitrogen and oxygen atoms in total. The topological polar surface area (TPSA) is 176 Å². The van der Waals surface area contributed by atoms with E-state index in [2.05, 4.69) is 56.8 Å². The molecule has 9 N–H and O–H groups in total. The van der Waals surface area contributed by atoms with Gasteiger partial charge in [0.05, 0.1) is 10.6 Å². The van der Waals surface area contributed by atoms with Crippen LogP contribution in [-0.2, 0) is 17.3 Å². The maximum Gasteiger partial charge on any atom is 0.274 e. The molecule has 0 aliphatic heterocycles. The SMILES string of the molecule is CC(C)(C)c1cc(N)c(SCCN)c(CC(=O)c2cc(C(=O)Nc3cc(C(C)(C)C)cc(N)c3SCCN)ncn2)c1. The summed E-state index contributed by atoms with van der Waals surface area (Å²) in [5.41, 5.74) is 28.8. The van der Waals surface area contributed by atoms with Gasteiger partial charge in [-0.25, -0.2) is 9.97 Å². The molecule has 0 saturated heterocycles. The minimum Gasteiger partial charge on any atom is -0.398 e. The highest BCUT2D eigenvalue weighted by Crippen LogP contribution is 2.38. The number of thioether (sulfide) groups is 2. The number of hydrogen-bond donors (Lipinski definition) is 5. The third kappa shape index (κ3) is 8.47. The number of nitrogens with two attached hydrogens (primary N) is 4. The monoisotopic (exact) mass is 609 g/mol. The van der Waals surface area contributed by atoms with Crippen LogP contribution in [0.3, 0.4) is 0 Å². The van der Waals surface area contributed by atoms with Crippen molar-refractivity contribution < 1.29 is 9.59 Å². The Hall–Kier alpha value is -3.12. The highest BCUT2D eigenvalue weighted by Gasteiger charge is 2.23. The lowest BCUT2D eigenvalue weighted by Gasteiger charge is -2.23. The number of nitrogens with zero attached hydrogens (tertiary/aromatic N) is 2. The molecule has 1 amide bonds. The van der Waals surface area contributed by atoms with Crippen LogP contribution in [0.2, 0.25) is 0 Å². The Balaban J connectivity index is 1.93. The van der Waals surface area contributed by atoms with Crippen molar-refractivity contribution in [1.29, 1.82) is 0 Å².